The normalized spacial score (nSPS) is 10.7. The molecule has 0 saturated heterocycles. The van der Waals surface area contributed by atoms with Gasteiger partial charge in [0.1, 0.15) is 12.2 Å². The van der Waals surface area contributed by atoms with Crippen LogP contribution in [-0.2, 0) is 16.1 Å². The molecule has 168 valence electrons. The maximum Gasteiger partial charge on any atom is 0.339 e. The van der Waals surface area contributed by atoms with Gasteiger partial charge in [-0.3, -0.25) is 4.79 Å². The zero-order valence-electron chi connectivity index (χ0n) is 19.0. The van der Waals surface area contributed by atoms with E-state index < -0.39 is 5.97 Å². The molecule has 0 fully saturated rings. The largest absolute Gasteiger partial charge is 0.478 e. The number of aryl methyl sites for hydroxylation is 2. The summed E-state index contributed by atoms with van der Waals surface area (Å²) in [6, 6.07) is 11.3. The second kappa shape index (κ2) is 12.1. The summed E-state index contributed by atoms with van der Waals surface area (Å²) in [6.07, 6.45) is 4.38. The summed E-state index contributed by atoms with van der Waals surface area (Å²) in [4.78, 5) is 26.0. The van der Waals surface area contributed by atoms with E-state index >= 15 is 0 Å². The lowest BCUT2D eigenvalue weighted by atomic mass is 10.1. The molecule has 0 aliphatic heterocycles. The van der Waals surface area contributed by atoms with E-state index in [2.05, 4.69) is 18.3 Å². The minimum absolute atomic E-state index is 0.100. The first-order valence-corrected chi connectivity index (χ1v) is 10.8. The Morgan fingerprint density at radius 2 is 1.77 bits per heavy atom. The zero-order valence-corrected chi connectivity index (χ0v) is 19.0. The highest BCUT2D eigenvalue weighted by Crippen LogP contribution is 2.27. The summed E-state index contributed by atoms with van der Waals surface area (Å²) in [5.41, 5.74) is 4.28. The number of unbranched alkanes of at least 4 members (excludes halogenated alkanes) is 3. The van der Waals surface area contributed by atoms with Gasteiger partial charge in [0, 0.05) is 13.6 Å². The summed E-state index contributed by atoms with van der Waals surface area (Å²) in [5.74, 6) is -1.37. The molecule has 2 N–H and O–H groups in total. The number of nitrogens with one attached hydrogen (secondary N) is 1. The highest BCUT2D eigenvalue weighted by atomic mass is 16.5. The van der Waals surface area contributed by atoms with Crippen molar-refractivity contribution in [2.45, 2.75) is 53.1 Å². The van der Waals surface area contributed by atoms with Crippen LogP contribution in [0.2, 0.25) is 0 Å². The van der Waals surface area contributed by atoms with Crippen LogP contribution >= 0.6 is 0 Å². The van der Waals surface area contributed by atoms with Crippen LogP contribution in [0.5, 0.6) is 0 Å². The van der Waals surface area contributed by atoms with Gasteiger partial charge in [0.2, 0.25) is 0 Å². The molecule has 0 aromatic heterocycles. The van der Waals surface area contributed by atoms with Gasteiger partial charge in [-0.25, -0.2) is 4.79 Å². The van der Waals surface area contributed by atoms with E-state index in [9.17, 15) is 14.7 Å². The zero-order chi connectivity index (χ0) is 22.8. The van der Waals surface area contributed by atoms with E-state index in [0.29, 0.717) is 24.5 Å². The minimum Gasteiger partial charge on any atom is -0.478 e. The third-order valence-corrected chi connectivity index (χ3v) is 5.11. The molecular weight excluding hydrogens is 392 g/mol. The molecule has 0 bridgehead atoms. The lowest BCUT2D eigenvalue weighted by Crippen LogP contribution is -2.31. The average Bonchev–Trinajstić information content (AvgIpc) is 2.71. The Morgan fingerprint density at radius 3 is 2.42 bits per heavy atom. The van der Waals surface area contributed by atoms with Crippen molar-refractivity contribution >= 4 is 23.3 Å². The molecule has 0 aliphatic carbocycles. The fraction of sp³-hybridized carbons (Fsp3) is 0.440. The van der Waals surface area contributed by atoms with Crippen LogP contribution in [0, 0.1) is 13.8 Å². The summed E-state index contributed by atoms with van der Waals surface area (Å²) in [5, 5.41) is 13.0. The van der Waals surface area contributed by atoms with Crippen molar-refractivity contribution in [1.82, 2.24) is 0 Å². The lowest BCUT2D eigenvalue weighted by Gasteiger charge is -2.21. The number of rotatable bonds is 12. The van der Waals surface area contributed by atoms with Gasteiger partial charge in [0.15, 0.2) is 0 Å². The van der Waals surface area contributed by atoms with Crippen molar-refractivity contribution in [2.24, 2.45) is 0 Å². The van der Waals surface area contributed by atoms with Gasteiger partial charge >= 0.3 is 5.97 Å². The Morgan fingerprint density at radius 1 is 1.06 bits per heavy atom. The second-order valence-electron chi connectivity index (χ2n) is 7.93. The number of hydrogen-bond donors (Lipinski definition) is 2. The highest BCUT2D eigenvalue weighted by molar-refractivity contribution is 6.05. The SMILES string of the molecule is CCCCCCNc1cccc(N(C)C(=O)COCc2cc(C)cc(C)c2)c1C(=O)O. The van der Waals surface area contributed by atoms with Crippen LogP contribution in [0.1, 0.15) is 59.7 Å². The number of hydrogen-bond acceptors (Lipinski definition) is 4. The number of carbonyl (C=O) groups is 2. The summed E-state index contributed by atoms with van der Waals surface area (Å²) in [7, 11) is 1.58. The summed E-state index contributed by atoms with van der Waals surface area (Å²) < 4.78 is 5.61. The number of anilines is 2. The Hall–Kier alpha value is -2.86. The van der Waals surface area contributed by atoms with Crippen molar-refractivity contribution in [3.8, 4) is 0 Å². The molecule has 2 rings (SSSR count). The fourth-order valence-corrected chi connectivity index (χ4v) is 3.61. The van der Waals surface area contributed by atoms with Crippen molar-refractivity contribution < 1.29 is 19.4 Å². The maximum atomic E-state index is 12.7. The minimum atomic E-state index is -1.07. The number of likely N-dealkylation sites (N-methyl/N-ethyl adjacent to an activating group) is 1. The third-order valence-electron chi connectivity index (χ3n) is 5.11. The number of benzene rings is 2. The van der Waals surface area contributed by atoms with Crippen LogP contribution in [0.25, 0.3) is 0 Å². The van der Waals surface area contributed by atoms with Crippen molar-refractivity contribution in [1.29, 1.82) is 0 Å². The van der Waals surface area contributed by atoms with Gasteiger partial charge in [0.25, 0.3) is 5.91 Å². The smallest absolute Gasteiger partial charge is 0.339 e. The van der Waals surface area contributed by atoms with Gasteiger partial charge in [-0.1, -0.05) is 61.6 Å². The lowest BCUT2D eigenvalue weighted by molar-refractivity contribution is -0.123. The van der Waals surface area contributed by atoms with E-state index in [1.54, 1.807) is 25.2 Å². The average molecular weight is 427 g/mol. The monoisotopic (exact) mass is 426 g/mol. The molecule has 0 aliphatic rings. The van der Waals surface area contributed by atoms with E-state index in [-0.39, 0.29) is 18.1 Å². The first-order chi connectivity index (χ1) is 14.8. The number of carbonyl (C=O) groups excluding carboxylic acids is 1. The quantitative estimate of drug-likeness (QED) is 0.458. The second-order valence-corrected chi connectivity index (χ2v) is 7.93. The van der Waals surface area contributed by atoms with Crippen LogP contribution < -0.4 is 10.2 Å². The van der Waals surface area contributed by atoms with Crippen molar-refractivity contribution in [2.75, 3.05) is 30.4 Å². The molecule has 2 aromatic carbocycles. The molecule has 31 heavy (non-hydrogen) atoms. The number of carboxylic acids is 1. The Kier molecular flexibility index (Phi) is 9.53. The molecule has 0 saturated carbocycles. The molecule has 0 atom stereocenters. The van der Waals surface area contributed by atoms with Gasteiger partial charge in [-0.05, 0) is 38.0 Å². The summed E-state index contributed by atoms with van der Waals surface area (Å²) in [6.45, 7) is 7.09. The standard InChI is InChI=1S/C25H34N2O4/c1-5-6-7-8-12-26-21-10-9-11-22(24(21)25(29)30)27(4)23(28)17-31-16-20-14-18(2)13-19(3)15-20/h9-11,13-15,26H,5-8,12,16-17H2,1-4H3,(H,29,30). The van der Waals surface area contributed by atoms with Gasteiger partial charge in [0.05, 0.1) is 18.0 Å². The van der Waals surface area contributed by atoms with E-state index in [4.69, 9.17) is 4.74 Å². The molecule has 2 aromatic rings. The summed E-state index contributed by atoms with van der Waals surface area (Å²) >= 11 is 0. The van der Waals surface area contributed by atoms with E-state index in [0.717, 1.165) is 42.4 Å². The molecule has 0 radical (unpaired) electrons. The molecule has 0 spiro atoms. The number of carboxylic acid groups (broad SMARTS) is 1. The van der Waals surface area contributed by atoms with Crippen LogP contribution in [0.15, 0.2) is 36.4 Å². The molecule has 0 heterocycles. The number of amides is 1. The Labute approximate surface area is 185 Å². The number of aromatic carboxylic acids is 1. The molecule has 6 heteroatoms. The molecule has 0 unspecified atom stereocenters. The van der Waals surface area contributed by atoms with E-state index in [1.807, 2.05) is 26.0 Å². The first kappa shape index (κ1) is 24.4. The molecule has 6 nitrogen and oxygen atoms in total. The highest BCUT2D eigenvalue weighted by Gasteiger charge is 2.21. The fourth-order valence-electron chi connectivity index (χ4n) is 3.61. The predicted octanol–water partition coefficient (Wildman–Crippen LogP) is 5.17. The van der Waals surface area contributed by atoms with E-state index in [1.165, 1.54) is 4.90 Å². The molecular formula is C25H34N2O4. The van der Waals surface area contributed by atoms with Gasteiger partial charge in [-0.15, -0.1) is 0 Å². The van der Waals surface area contributed by atoms with Crippen molar-refractivity contribution in [3.05, 3.63) is 58.7 Å². The van der Waals surface area contributed by atoms with Crippen LogP contribution in [0.4, 0.5) is 11.4 Å². The third kappa shape index (κ3) is 7.40. The Balaban J connectivity index is 2.03. The first-order valence-electron chi connectivity index (χ1n) is 10.8. The van der Waals surface area contributed by atoms with Gasteiger partial charge < -0.3 is 20.1 Å². The van der Waals surface area contributed by atoms with Crippen molar-refractivity contribution in [3.63, 3.8) is 0 Å². The predicted molar refractivity (Wildman–Crippen MR) is 125 cm³/mol. The molecule has 1 amide bonds. The number of ether oxygens (including phenoxy) is 1. The van der Waals surface area contributed by atoms with Crippen LogP contribution in [-0.4, -0.2) is 37.2 Å². The Bertz CT molecular complexity index is 875. The van der Waals surface area contributed by atoms with Crippen LogP contribution in [0.3, 0.4) is 0 Å². The number of nitrogens with zero attached hydrogens (tertiary/aromatic N) is 1. The maximum absolute atomic E-state index is 12.7. The van der Waals surface area contributed by atoms with Gasteiger partial charge in [-0.2, -0.15) is 0 Å². The topological polar surface area (TPSA) is 78.9 Å².